The lowest BCUT2D eigenvalue weighted by Crippen LogP contribution is -2.38. The Labute approximate surface area is 163 Å². The van der Waals surface area contributed by atoms with E-state index in [9.17, 15) is 4.39 Å². The topological polar surface area (TPSA) is 38.7 Å². The van der Waals surface area contributed by atoms with Gasteiger partial charge in [-0.2, -0.15) is 0 Å². The van der Waals surface area contributed by atoms with E-state index in [-0.39, 0.29) is 18.7 Å². The average molecular weight is 379 g/mol. The summed E-state index contributed by atoms with van der Waals surface area (Å²) in [4.78, 5) is 0. The molecule has 0 radical (unpaired) electrons. The minimum Gasteiger partial charge on any atom is -0.396 e. The smallest absolute Gasteiger partial charge is 0.160 e. The SMILES string of the molecule is CCCCCC1COC(C2CCC(c3ccc(CCO)c(F)c3)CC2)OC1. The fraction of sp³-hybridized carbons (Fsp3) is 0.739. The minimum absolute atomic E-state index is 0.0117. The number of aliphatic hydroxyl groups excluding tert-OH is 1. The Morgan fingerprint density at radius 2 is 1.81 bits per heavy atom. The molecule has 3 rings (SSSR count). The van der Waals surface area contributed by atoms with Gasteiger partial charge in [-0.25, -0.2) is 4.39 Å². The molecular weight excluding hydrogens is 343 g/mol. The van der Waals surface area contributed by atoms with E-state index >= 15 is 0 Å². The van der Waals surface area contributed by atoms with Crippen LogP contribution in [0.2, 0.25) is 0 Å². The summed E-state index contributed by atoms with van der Waals surface area (Å²) in [5.41, 5.74) is 1.70. The van der Waals surface area contributed by atoms with Crippen molar-refractivity contribution in [2.45, 2.75) is 76.9 Å². The zero-order chi connectivity index (χ0) is 19.1. The van der Waals surface area contributed by atoms with Crippen molar-refractivity contribution >= 4 is 0 Å². The number of benzene rings is 1. The van der Waals surface area contributed by atoms with Gasteiger partial charge in [-0.05, 0) is 61.6 Å². The highest BCUT2D eigenvalue weighted by molar-refractivity contribution is 5.27. The number of aliphatic hydroxyl groups is 1. The summed E-state index contributed by atoms with van der Waals surface area (Å²) >= 11 is 0. The molecule has 1 aromatic carbocycles. The minimum atomic E-state index is -0.184. The molecule has 0 unspecified atom stereocenters. The average Bonchev–Trinajstić information content (AvgIpc) is 2.71. The summed E-state index contributed by atoms with van der Waals surface area (Å²) in [5, 5.41) is 9.00. The molecule has 2 fully saturated rings. The fourth-order valence-electron chi connectivity index (χ4n) is 4.55. The van der Waals surface area contributed by atoms with E-state index in [0.717, 1.165) is 44.5 Å². The van der Waals surface area contributed by atoms with Crippen LogP contribution in [0.5, 0.6) is 0 Å². The third-order valence-corrected chi connectivity index (χ3v) is 6.29. The molecule has 152 valence electrons. The lowest BCUT2D eigenvalue weighted by Gasteiger charge is -2.37. The van der Waals surface area contributed by atoms with Crippen LogP contribution in [-0.2, 0) is 15.9 Å². The third kappa shape index (κ3) is 5.75. The molecular formula is C23H35FO3. The number of hydrogen-bond donors (Lipinski definition) is 1. The first-order valence-electron chi connectivity index (χ1n) is 10.8. The van der Waals surface area contributed by atoms with Crippen LogP contribution in [-0.4, -0.2) is 31.2 Å². The van der Waals surface area contributed by atoms with Crippen molar-refractivity contribution in [3.63, 3.8) is 0 Å². The molecule has 0 amide bonds. The van der Waals surface area contributed by atoms with Crippen molar-refractivity contribution in [1.29, 1.82) is 0 Å². The molecule has 1 N–H and O–H groups in total. The van der Waals surface area contributed by atoms with Gasteiger partial charge in [0.15, 0.2) is 6.29 Å². The molecule has 27 heavy (non-hydrogen) atoms. The molecule has 0 spiro atoms. The molecule has 3 nitrogen and oxygen atoms in total. The van der Waals surface area contributed by atoms with Gasteiger partial charge in [0.05, 0.1) is 13.2 Å². The summed E-state index contributed by atoms with van der Waals surface area (Å²) in [6.45, 7) is 3.90. The monoisotopic (exact) mass is 378 g/mol. The molecule has 0 atom stereocenters. The molecule has 1 saturated heterocycles. The quantitative estimate of drug-likeness (QED) is 0.632. The normalized spacial score (nSPS) is 29.0. The Kier molecular flexibility index (Phi) is 8.10. The van der Waals surface area contributed by atoms with E-state index in [4.69, 9.17) is 14.6 Å². The number of rotatable bonds is 8. The van der Waals surface area contributed by atoms with E-state index in [1.807, 2.05) is 12.1 Å². The van der Waals surface area contributed by atoms with E-state index in [0.29, 0.717) is 29.7 Å². The van der Waals surface area contributed by atoms with Gasteiger partial charge < -0.3 is 14.6 Å². The van der Waals surface area contributed by atoms with Crippen molar-refractivity contribution in [2.24, 2.45) is 11.8 Å². The van der Waals surface area contributed by atoms with Crippen molar-refractivity contribution < 1.29 is 19.0 Å². The maximum absolute atomic E-state index is 14.2. The van der Waals surface area contributed by atoms with Crippen LogP contribution in [0, 0.1) is 17.7 Å². The second-order valence-corrected chi connectivity index (χ2v) is 8.33. The van der Waals surface area contributed by atoms with Crippen LogP contribution in [0.15, 0.2) is 18.2 Å². The van der Waals surface area contributed by atoms with E-state index in [2.05, 4.69) is 6.92 Å². The lowest BCUT2D eigenvalue weighted by atomic mass is 9.78. The zero-order valence-electron chi connectivity index (χ0n) is 16.7. The van der Waals surface area contributed by atoms with E-state index in [1.54, 1.807) is 6.07 Å². The van der Waals surface area contributed by atoms with Crippen LogP contribution < -0.4 is 0 Å². The van der Waals surface area contributed by atoms with Crippen LogP contribution in [0.4, 0.5) is 4.39 Å². The number of halogens is 1. The molecule has 1 aromatic rings. The van der Waals surface area contributed by atoms with Gasteiger partial charge in [0.25, 0.3) is 0 Å². The zero-order valence-corrected chi connectivity index (χ0v) is 16.7. The molecule has 1 saturated carbocycles. The first-order chi connectivity index (χ1) is 13.2. The summed E-state index contributed by atoms with van der Waals surface area (Å²) in [5.74, 6) is 1.27. The van der Waals surface area contributed by atoms with Gasteiger partial charge in [-0.15, -0.1) is 0 Å². The highest BCUT2D eigenvalue weighted by Gasteiger charge is 2.32. The van der Waals surface area contributed by atoms with Gasteiger partial charge >= 0.3 is 0 Å². The van der Waals surface area contributed by atoms with Crippen LogP contribution >= 0.6 is 0 Å². The number of ether oxygens (including phenoxy) is 2. The molecule has 1 aliphatic heterocycles. The van der Waals surface area contributed by atoms with Crippen LogP contribution in [0.25, 0.3) is 0 Å². The molecule has 1 aliphatic carbocycles. The van der Waals surface area contributed by atoms with Crippen molar-refractivity contribution in [3.05, 3.63) is 35.1 Å². The summed E-state index contributed by atoms with van der Waals surface area (Å²) in [6, 6.07) is 5.54. The maximum atomic E-state index is 14.2. The predicted molar refractivity (Wildman–Crippen MR) is 105 cm³/mol. The Hall–Kier alpha value is -0.970. The Balaban J connectivity index is 1.43. The molecule has 4 heteroatoms. The standard InChI is InChI=1S/C23H35FO3/c1-2-3-4-5-17-15-26-23(27-16-17)20-9-6-18(7-10-20)21-11-8-19(12-13-25)22(24)14-21/h8,11,14,17-18,20,23,25H,2-7,9-10,12-13,15-16H2,1H3. The van der Waals surface area contributed by atoms with Gasteiger partial charge in [0, 0.05) is 18.4 Å². The number of hydrogen-bond acceptors (Lipinski definition) is 3. The van der Waals surface area contributed by atoms with Crippen LogP contribution in [0.3, 0.4) is 0 Å². The largest absolute Gasteiger partial charge is 0.396 e. The molecule has 1 heterocycles. The van der Waals surface area contributed by atoms with Gasteiger partial charge in [0.2, 0.25) is 0 Å². The summed E-state index contributed by atoms with van der Waals surface area (Å²) in [7, 11) is 0. The molecule has 0 aromatic heterocycles. The van der Waals surface area contributed by atoms with Crippen LogP contribution in [0.1, 0.15) is 75.3 Å². The first-order valence-corrected chi connectivity index (χ1v) is 10.8. The predicted octanol–water partition coefficient (Wildman–Crippen LogP) is 5.20. The fourth-order valence-corrected chi connectivity index (χ4v) is 4.55. The Morgan fingerprint density at radius 3 is 2.44 bits per heavy atom. The van der Waals surface area contributed by atoms with Crippen molar-refractivity contribution in [1.82, 2.24) is 0 Å². The first kappa shape index (κ1) is 20.8. The summed E-state index contributed by atoms with van der Waals surface area (Å²) in [6.07, 6.45) is 9.67. The summed E-state index contributed by atoms with van der Waals surface area (Å²) < 4.78 is 26.3. The molecule has 0 bridgehead atoms. The Bertz CT molecular complexity index is 561. The van der Waals surface area contributed by atoms with E-state index < -0.39 is 0 Å². The van der Waals surface area contributed by atoms with Gasteiger partial charge in [-0.1, -0.05) is 38.3 Å². The lowest BCUT2D eigenvalue weighted by molar-refractivity contribution is -0.229. The third-order valence-electron chi connectivity index (χ3n) is 6.29. The van der Waals surface area contributed by atoms with Crippen molar-refractivity contribution in [2.75, 3.05) is 19.8 Å². The van der Waals surface area contributed by atoms with Gasteiger partial charge in [0.1, 0.15) is 5.82 Å². The maximum Gasteiger partial charge on any atom is 0.160 e. The highest BCUT2D eigenvalue weighted by Crippen LogP contribution is 2.39. The second kappa shape index (κ2) is 10.5. The van der Waals surface area contributed by atoms with Gasteiger partial charge in [-0.3, -0.25) is 0 Å². The second-order valence-electron chi connectivity index (χ2n) is 8.33. The molecule has 2 aliphatic rings. The highest BCUT2D eigenvalue weighted by atomic mass is 19.1. The van der Waals surface area contributed by atoms with Crippen molar-refractivity contribution in [3.8, 4) is 0 Å². The number of unbranched alkanes of at least 4 members (excludes halogenated alkanes) is 2. The van der Waals surface area contributed by atoms with E-state index in [1.165, 1.54) is 25.7 Å². The Morgan fingerprint density at radius 1 is 1.07 bits per heavy atom.